The Morgan fingerprint density at radius 1 is 1.26 bits per heavy atom. The maximum absolute atomic E-state index is 11.7. The average Bonchev–Trinajstić information content (AvgIpc) is 2.90. The van der Waals surface area contributed by atoms with Crippen molar-refractivity contribution in [2.24, 2.45) is 5.92 Å². The van der Waals surface area contributed by atoms with Crippen molar-refractivity contribution in [3.63, 3.8) is 0 Å². The smallest absolute Gasteiger partial charge is 0.335 e. The summed E-state index contributed by atoms with van der Waals surface area (Å²) in [6, 6.07) is 5.92. The van der Waals surface area contributed by atoms with E-state index in [9.17, 15) is 9.59 Å². The van der Waals surface area contributed by atoms with Gasteiger partial charge in [-0.2, -0.15) is 0 Å². The average molecular weight is 262 g/mol. The van der Waals surface area contributed by atoms with Gasteiger partial charge in [-0.1, -0.05) is 18.9 Å². The molecule has 3 N–H and O–H groups in total. The van der Waals surface area contributed by atoms with Gasteiger partial charge in [-0.15, -0.1) is 0 Å². The molecule has 0 saturated heterocycles. The summed E-state index contributed by atoms with van der Waals surface area (Å²) >= 11 is 0. The number of carbonyl (C=O) groups is 2. The molecule has 0 aliphatic heterocycles. The zero-order valence-electron chi connectivity index (χ0n) is 10.7. The highest BCUT2D eigenvalue weighted by Crippen LogP contribution is 2.23. The van der Waals surface area contributed by atoms with Crippen molar-refractivity contribution in [3.05, 3.63) is 29.8 Å². The standard InChI is InChI=1S/C14H18N2O3/c17-13(18)11-6-3-7-12(8-11)16-14(19)15-9-10-4-1-2-5-10/h3,6-8,10H,1-2,4-5,9H2,(H,17,18)(H2,15,16,19). The number of carboxylic acids is 1. The molecule has 0 radical (unpaired) electrons. The summed E-state index contributed by atoms with van der Waals surface area (Å²) in [6.07, 6.45) is 4.84. The van der Waals surface area contributed by atoms with Gasteiger partial charge >= 0.3 is 12.0 Å². The Balaban J connectivity index is 1.84. The molecule has 5 heteroatoms. The number of amides is 2. The second-order valence-corrected chi connectivity index (χ2v) is 4.87. The predicted molar refractivity (Wildman–Crippen MR) is 72.4 cm³/mol. The lowest BCUT2D eigenvalue weighted by Crippen LogP contribution is -2.32. The molecule has 0 spiro atoms. The van der Waals surface area contributed by atoms with Crippen LogP contribution in [0, 0.1) is 5.92 Å². The van der Waals surface area contributed by atoms with Crippen molar-refractivity contribution >= 4 is 17.7 Å². The van der Waals surface area contributed by atoms with Crippen LogP contribution in [0.4, 0.5) is 10.5 Å². The summed E-state index contributed by atoms with van der Waals surface area (Å²) < 4.78 is 0. The summed E-state index contributed by atoms with van der Waals surface area (Å²) in [6.45, 7) is 0.685. The minimum Gasteiger partial charge on any atom is -0.478 e. The third-order valence-electron chi connectivity index (χ3n) is 3.39. The van der Waals surface area contributed by atoms with Gasteiger partial charge in [0.25, 0.3) is 0 Å². The number of rotatable bonds is 4. The molecule has 1 aliphatic rings. The van der Waals surface area contributed by atoms with Crippen LogP contribution >= 0.6 is 0 Å². The number of urea groups is 1. The highest BCUT2D eigenvalue weighted by molar-refractivity contribution is 5.93. The highest BCUT2D eigenvalue weighted by atomic mass is 16.4. The second-order valence-electron chi connectivity index (χ2n) is 4.87. The van der Waals surface area contributed by atoms with Crippen LogP contribution in [0.2, 0.25) is 0 Å². The maximum Gasteiger partial charge on any atom is 0.335 e. The van der Waals surface area contributed by atoms with Crippen molar-refractivity contribution in [1.82, 2.24) is 5.32 Å². The first-order valence-corrected chi connectivity index (χ1v) is 6.53. The fourth-order valence-corrected chi connectivity index (χ4v) is 2.36. The Kier molecular flexibility index (Phi) is 4.39. The molecule has 102 valence electrons. The Bertz CT molecular complexity index is 468. The van der Waals surface area contributed by atoms with Gasteiger partial charge in [-0.05, 0) is 37.0 Å². The van der Waals surface area contributed by atoms with Crippen molar-refractivity contribution in [2.75, 3.05) is 11.9 Å². The third-order valence-corrected chi connectivity index (χ3v) is 3.39. The molecule has 2 amide bonds. The van der Waals surface area contributed by atoms with Crippen LogP contribution in [0.25, 0.3) is 0 Å². The van der Waals surface area contributed by atoms with Gasteiger partial charge in [0.15, 0.2) is 0 Å². The molecule has 1 aliphatic carbocycles. The molecule has 5 nitrogen and oxygen atoms in total. The zero-order valence-corrected chi connectivity index (χ0v) is 10.7. The molecule has 1 aromatic rings. The Morgan fingerprint density at radius 3 is 2.68 bits per heavy atom. The van der Waals surface area contributed by atoms with Gasteiger partial charge in [0.05, 0.1) is 5.56 Å². The highest BCUT2D eigenvalue weighted by Gasteiger charge is 2.15. The van der Waals surface area contributed by atoms with Crippen LogP contribution in [-0.4, -0.2) is 23.7 Å². The fourth-order valence-electron chi connectivity index (χ4n) is 2.36. The number of carboxylic acid groups (broad SMARTS) is 1. The molecule has 0 aromatic heterocycles. The minimum atomic E-state index is -1.00. The fraction of sp³-hybridized carbons (Fsp3) is 0.429. The van der Waals surface area contributed by atoms with Gasteiger partial charge in [0.2, 0.25) is 0 Å². The first-order valence-electron chi connectivity index (χ1n) is 6.53. The zero-order chi connectivity index (χ0) is 13.7. The molecule has 0 bridgehead atoms. The van der Waals surface area contributed by atoms with Crippen LogP contribution in [0.5, 0.6) is 0 Å². The molecule has 1 fully saturated rings. The number of anilines is 1. The number of aromatic carboxylic acids is 1. The number of nitrogens with one attached hydrogen (secondary N) is 2. The quantitative estimate of drug-likeness (QED) is 0.780. The normalized spacial score (nSPS) is 15.2. The molecule has 0 atom stereocenters. The van der Waals surface area contributed by atoms with E-state index in [1.807, 2.05) is 0 Å². The van der Waals surface area contributed by atoms with E-state index in [0.717, 1.165) is 0 Å². The first kappa shape index (κ1) is 13.4. The first-order chi connectivity index (χ1) is 9.15. The van der Waals surface area contributed by atoms with E-state index in [4.69, 9.17) is 5.11 Å². The van der Waals surface area contributed by atoms with Crippen LogP contribution < -0.4 is 10.6 Å². The van der Waals surface area contributed by atoms with Crippen molar-refractivity contribution < 1.29 is 14.7 Å². The predicted octanol–water partition coefficient (Wildman–Crippen LogP) is 2.70. The molecule has 1 saturated carbocycles. The summed E-state index contributed by atoms with van der Waals surface area (Å²) in [5.41, 5.74) is 0.650. The third kappa shape index (κ3) is 3.98. The van der Waals surface area contributed by atoms with Crippen LogP contribution in [0.1, 0.15) is 36.0 Å². The van der Waals surface area contributed by atoms with E-state index in [-0.39, 0.29) is 11.6 Å². The van der Waals surface area contributed by atoms with E-state index in [0.29, 0.717) is 18.2 Å². The molecule has 0 unspecified atom stereocenters. The van der Waals surface area contributed by atoms with E-state index >= 15 is 0 Å². The summed E-state index contributed by atoms with van der Waals surface area (Å²) in [7, 11) is 0. The maximum atomic E-state index is 11.7. The lowest BCUT2D eigenvalue weighted by molar-refractivity contribution is 0.0697. The monoisotopic (exact) mass is 262 g/mol. The molecule has 0 heterocycles. The SMILES string of the molecule is O=C(NCC1CCCC1)Nc1cccc(C(=O)O)c1. The van der Waals surface area contributed by atoms with Gasteiger partial charge < -0.3 is 15.7 Å². The Labute approximate surface area is 112 Å². The lowest BCUT2D eigenvalue weighted by Gasteiger charge is -2.11. The second kappa shape index (κ2) is 6.22. The van der Waals surface area contributed by atoms with Crippen molar-refractivity contribution in [3.8, 4) is 0 Å². The molecule has 1 aromatic carbocycles. The summed E-state index contributed by atoms with van der Waals surface area (Å²) in [4.78, 5) is 22.5. The number of hydrogen-bond acceptors (Lipinski definition) is 2. The van der Waals surface area contributed by atoms with Gasteiger partial charge in [-0.3, -0.25) is 0 Å². The van der Waals surface area contributed by atoms with E-state index in [1.54, 1.807) is 12.1 Å². The minimum absolute atomic E-state index is 0.161. The number of carbonyl (C=O) groups excluding carboxylic acids is 1. The van der Waals surface area contributed by atoms with Gasteiger partial charge in [0.1, 0.15) is 0 Å². The van der Waals surface area contributed by atoms with Crippen molar-refractivity contribution in [1.29, 1.82) is 0 Å². The van der Waals surface area contributed by atoms with Gasteiger partial charge in [0, 0.05) is 12.2 Å². The van der Waals surface area contributed by atoms with Crippen LogP contribution in [0.15, 0.2) is 24.3 Å². The van der Waals surface area contributed by atoms with E-state index in [1.165, 1.54) is 37.8 Å². The largest absolute Gasteiger partial charge is 0.478 e. The van der Waals surface area contributed by atoms with Crippen molar-refractivity contribution in [2.45, 2.75) is 25.7 Å². The molecule has 2 rings (SSSR count). The summed E-state index contributed by atoms with van der Waals surface area (Å²) in [5, 5.41) is 14.3. The van der Waals surface area contributed by atoms with Crippen LogP contribution in [0.3, 0.4) is 0 Å². The topological polar surface area (TPSA) is 78.4 Å². The van der Waals surface area contributed by atoms with E-state index in [2.05, 4.69) is 10.6 Å². The Hall–Kier alpha value is -2.04. The number of benzene rings is 1. The summed E-state index contributed by atoms with van der Waals surface area (Å²) in [5.74, 6) is -0.425. The molecular formula is C14H18N2O3. The molecular weight excluding hydrogens is 244 g/mol. The molecule has 19 heavy (non-hydrogen) atoms. The van der Waals surface area contributed by atoms with Crippen LogP contribution in [-0.2, 0) is 0 Å². The Morgan fingerprint density at radius 2 is 2.00 bits per heavy atom. The number of hydrogen-bond donors (Lipinski definition) is 3. The van der Waals surface area contributed by atoms with E-state index < -0.39 is 5.97 Å². The lowest BCUT2D eigenvalue weighted by atomic mass is 10.1. The van der Waals surface area contributed by atoms with Gasteiger partial charge in [-0.25, -0.2) is 9.59 Å².